The van der Waals surface area contributed by atoms with E-state index in [4.69, 9.17) is 14.2 Å². The van der Waals surface area contributed by atoms with Gasteiger partial charge in [0.25, 0.3) is 0 Å². The Morgan fingerprint density at radius 1 is 1.14 bits per heavy atom. The van der Waals surface area contributed by atoms with E-state index in [9.17, 15) is 9.18 Å². The Hall–Kier alpha value is -2.56. The molecule has 2 rings (SSSR count). The average Bonchev–Trinajstić information content (AvgIpc) is 2.54. The number of carbonyl (C=O) groups excluding carboxylic acids is 1. The Bertz CT molecular complexity index is 655. The first-order valence-electron chi connectivity index (χ1n) is 6.87. The fourth-order valence-electron chi connectivity index (χ4n) is 1.90. The molecule has 22 heavy (non-hydrogen) atoms. The lowest BCUT2D eigenvalue weighted by atomic mass is 10.2. The maximum Gasteiger partial charge on any atom is 0.338 e. The van der Waals surface area contributed by atoms with Gasteiger partial charge < -0.3 is 14.2 Å². The van der Waals surface area contributed by atoms with Crippen LogP contribution in [0.5, 0.6) is 11.5 Å². The number of ether oxygens (including phenoxy) is 3. The molecule has 0 heterocycles. The summed E-state index contributed by atoms with van der Waals surface area (Å²) >= 11 is 0. The van der Waals surface area contributed by atoms with Gasteiger partial charge in [-0.3, -0.25) is 0 Å². The summed E-state index contributed by atoms with van der Waals surface area (Å²) in [5.41, 5.74) is 0.816. The molecule has 0 saturated heterocycles. The molecule has 0 unspecified atom stereocenters. The second kappa shape index (κ2) is 7.45. The van der Waals surface area contributed by atoms with Gasteiger partial charge in [-0.05, 0) is 31.2 Å². The van der Waals surface area contributed by atoms with Crippen LogP contribution in [0.15, 0.2) is 42.5 Å². The van der Waals surface area contributed by atoms with Gasteiger partial charge in [0, 0.05) is 5.56 Å². The molecule has 0 saturated carbocycles. The number of esters is 1. The summed E-state index contributed by atoms with van der Waals surface area (Å²) in [4.78, 5) is 11.7. The lowest BCUT2D eigenvalue weighted by molar-refractivity contribution is 0.0526. The van der Waals surface area contributed by atoms with Gasteiger partial charge in [-0.25, -0.2) is 9.18 Å². The number of carbonyl (C=O) groups is 1. The summed E-state index contributed by atoms with van der Waals surface area (Å²) < 4.78 is 29.3. The molecule has 116 valence electrons. The number of methoxy groups -OCH3 is 1. The molecule has 2 aromatic rings. The predicted octanol–water partition coefficient (Wildman–Crippen LogP) is 3.59. The summed E-state index contributed by atoms with van der Waals surface area (Å²) in [6.45, 7) is 2.11. The molecule has 0 amide bonds. The first-order valence-corrected chi connectivity index (χ1v) is 6.87. The van der Waals surface area contributed by atoms with E-state index in [0.717, 1.165) is 0 Å². The SMILES string of the molecule is CCOC(=O)c1ccc(OCc2ccccc2F)c(OC)c1. The number of halogens is 1. The highest BCUT2D eigenvalue weighted by atomic mass is 19.1. The van der Waals surface area contributed by atoms with Crippen LogP contribution in [0.2, 0.25) is 0 Å². The number of hydrogen-bond donors (Lipinski definition) is 0. The largest absolute Gasteiger partial charge is 0.493 e. The molecule has 0 aliphatic rings. The minimum atomic E-state index is -0.429. The Morgan fingerprint density at radius 3 is 2.59 bits per heavy atom. The van der Waals surface area contributed by atoms with Crippen LogP contribution in [0.25, 0.3) is 0 Å². The van der Waals surface area contributed by atoms with Crippen molar-refractivity contribution in [2.75, 3.05) is 13.7 Å². The molecule has 0 atom stereocenters. The first-order chi connectivity index (χ1) is 10.7. The van der Waals surface area contributed by atoms with Gasteiger partial charge in [0.05, 0.1) is 19.3 Å². The van der Waals surface area contributed by atoms with E-state index in [1.165, 1.54) is 19.2 Å². The lowest BCUT2D eigenvalue weighted by Gasteiger charge is -2.12. The molecule has 0 spiro atoms. The second-order valence-corrected chi connectivity index (χ2v) is 4.47. The molecular formula is C17H17FO4. The molecule has 0 aliphatic heterocycles. The van der Waals surface area contributed by atoms with Gasteiger partial charge >= 0.3 is 5.97 Å². The molecule has 0 bridgehead atoms. The molecule has 5 heteroatoms. The van der Waals surface area contributed by atoms with Gasteiger partial charge in [0.15, 0.2) is 11.5 Å². The molecule has 0 N–H and O–H groups in total. The van der Waals surface area contributed by atoms with Crippen molar-refractivity contribution >= 4 is 5.97 Å². The van der Waals surface area contributed by atoms with E-state index in [1.807, 2.05) is 0 Å². The van der Waals surface area contributed by atoms with Gasteiger partial charge in [0.1, 0.15) is 12.4 Å². The highest BCUT2D eigenvalue weighted by Gasteiger charge is 2.12. The molecule has 0 aliphatic carbocycles. The van der Waals surface area contributed by atoms with E-state index in [-0.39, 0.29) is 12.4 Å². The topological polar surface area (TPSA) is 44.8 Å². The predicted molar refractivity (Wildman–Crippen MR) is 79.7 cm³/mol. The van der Waals surface area contributed by atoms with Crippen molar-refractivity contribution < 1.29 is 23.4 Å². The molecular weight excluding hydrogens is 287 g/mol. The van der Waals surface area contributed by atoms with E-state index in [1.54, 1.807) is 37.3 Å². The third-order valence-corrected chi connectivity index (χ3v) is 3.02. The Balaban J connectivity index is 2.14. The van der Waals surface area contributed by atoms with Crippen LogP contribution in [0.1, 0.15) is 22.8 Å². The fourth-order valence-corrected chi connectivity index (χ4v) is 1.90. The van der Waals surface area contributed by atoms with Crippen LogP contribution in [0.4, 0.5) is 4.39 Å². The molecule has 0 radical (unpaired) electrons. The average molecular weight is 304 g/mol. The summed E-state index contributed by atoms with van der Waals surface area (Å²) in [7, 11) is 1.47. The van der Waals surface area contributed by atoms with Gasteiger partial charge in [0.2, 0.25) is 0 Å². The number of benzene rings is 2. The highest BCUT2D eigenvalue weighted by Crippen LogP contribution is 2.29. The van der Waals surface area contributed by atoms with Crippen molar-refractivity contribution in [1.29, 1.82) is 0 Å². The lowest BCUT2D eigenvalue weighted by Crippen LogP contribution is -2.06. The van der Waals surface area contributed by atoms with Crippen molar-refractivity contribution in [3.8, 4) is 11.5 Å². The molecule has 2 aromatic carbocycles. The van der Waals surface area contributed by atoms with Crippen LogP contribution in [0.3, 0.4) is 0 Å². The van der Waals surface area contributed by atoms with Crippen molar-refractivity contribution in [2.24, 2.45) is 0 Å². The third-order valence-electron chi connectivity index (χ3n) is 3.02. The third kappa shape index (κ3) is 3.75. The van der Waals surface area contributed by atoms with Gasteiger partial charge in [-0.15, -0.1) is 0 Å². The summed E-state index contributed by atoms with van der Waals surface area (Å²) in [5, 5.41) is 0. The van der Waals surface area contributed by atoms with Crippen LogP contribution in [0, 0.1) is 5.82 Å². The van der Waals surface area contributed by atoms with Crippen molar-refractivity contribution in [1.82, 2.24) is 0 Å². The Morgan fingerprint density at radius 2 is 1.91 bits per heavy atom. The monoisotopic (exact) mass is 304 g/mol. The van der Waals surface area contributed by atoms with Crippen molar-refractivity contribution in [3.63, 3.8) is 0 Å². The van der Waals surface area contributed by atoms with Crippen LogP contribution in [-0.2, 0) is 11.3 Å². The fraction of sp³-hybridized carbons (Fsp3) is 0.235. The standard InChI is InChI=1S/C17H17FO4/c1-3-21-17(19)12-8-9-15(16(10-12)20-2)22-11-13-6-4-5-7-14(13)18/h4-10H,3,11H2,1-2H3. The maximum atomic E-state index is 13.6. The second-order valence-electron chi connectivity index (χ2n) is 4.47. The van der Waals surface area contributed by atoms with E-state index in [0.29, 0.717) is 29.2 Å². The van der Waals surface area contributed by atoms with Gasteiger partial charge in [-0.2, -0.15) is 0 Å². The molecule has 0 fully saturated rings. The summed E-state index contributed by atoms with van der Waals surface area (Å²) in [5.74, 6) is 0.0618. The normalized spacial score (nSPS) is 10.1. The zero-order valence-electron chi connectivity index (χ0n) is 12.5. The first kappa shape index (κ1) is 15.8. The molecule has 4 nitrogen and oxygen atoms in total. The maximum absolute atomic E-state index is 13.6. The van der Waals surface area contributed by atoms with E-state index in [2.05, 4.69) is 0 Å². The zero-order valence-corrected chi connectivity index (χ0v) is 12.5. The quantitative estimate of drug-likeness (QED) is 0.765. The van der Waals surface area contributed by atoms with E-state index < -0.39 is 5.97 Å². The van der Waals surface area contributed by atoms with E-state index >= 15 is 0 Å². The van der Waals surface area contributed by atoms with Gasteiger partial charge in [-0.1, -0.05) is 18.2 Å². The molecule has 0 aromatic heterocycles. The van der Waals surface area contributed by atoms with Crippen molar-refractivity contribution in [2.45, 2.75) is 13.5 Å². The van der Waals surface area contributed by atoms with Crippen molar-refractivity contribution in [3.05, 3.63) is 59.4 Å². The Labute approximate surface area is 128 Å². The van der Waals surface area contributed by atoms with Crippen LogP contribution in [-0.4, -0.2) is 19.7 Å². The van der Waals surface area contributed by atoms with Crippen LogP contribution >= 0.6 is 0 Å². The Kier molecular flexibility index (Phi) is 5.36. The van der Waals surface area contributed by atoms with Crippen LogP contribution < -0.4 is 9.47 Å². The summed E-state index contributed by atoms with van der Waals surface area (Å²) in [6, 6.07) is 11.1. The minimum absolute atomic E-state index is 0.0712. The number of rotatable bonds is 6. The number of hydrogen-bond acceptors (Lipinski definition) is 4. The zero-order chi connectivity index (χ0) is 15.9. The summed E-state index contributed by atoms with van der Waals surface area (Å²) in [6.07, 6.45) is 0. The highest BCUT2D eigenvalue weighted by molar-refractivity contribution is 5.90. The smallest absolute Gasteiger partial charge is 0.338 e. The minimum Gasteiger partial charge on any atom is -0.493 e.